The van der Waals surface area contributed by atoms with E-state index in [2.05, 4.69) is 29.8 Å². The van der Waals surface area contributed by atoms with E-state index in [1.54, 1.807) is 0 Å². The third kappa shape index (κ3) is 4.39. The number of carbonyl (C=O) groups excluding carboxylic acids is 1. The molecule has 0 spiro atoms. The van der Waals surface area contributed by atoms with Crippen molar-refractivity contribution in [2.45, 2.75) is 31.8 Å². The van der Waals surface area contributed by atoms with Gasteiger partial charge in [-0.3, -0.25) is 14.6 Å². The maximum atomic E-state index is 12.6. The van der Waals surface area contributed by atoms with Gasteiger partial charge in [0.25, 0.3) is 0 Å². The topological polar surface area (TPSA) is 50.6 Å². The Hall–Kier alpha value is -1.90. The number of rotatable bonds is 6. The molecule has 5 nitrogen and oxygen atoms in total. The lowest BCUT2D eigenvalue weighted by atomic mass is 10.1. The lowest BCUT2D eigenvalue weighted by Gasteiger charge is -2.38. The predicted octanol–water partition coefficient (Wildman–Crippen LogP) is 2.13. The van der Waals surface area contributed by atoms with Gasteiger partial charge in [0, 0.05) is 32.2 Å². The molecule has 1 saturated carbocycles. The highest BCUT2D eigenvalue weighted by molar-refractivity contribution is 5.78. The predicted molar refractivity (Wildman–Crippen MR) is 97.8 cm³/mol. The molecule has 1 aromatic rings. The van der Waals surface area contributed by atoms with Gasteiger partial charge < -0.3 is 4.90 Å². The van der Waals surface area contributed by atoms with Gasteiger partial charge in [-0.1, -0.05) is 30.3 Å². The van der Waals surface area contributed by atoms with Gasteiger partial charge in [0.1, 0.15) is 6.04 Å². The van der Waals surface area contributed by atoms with E-state index in [1.807, 2.05) is 35.2 Å². The second-order valence-corrected chi connectivity index (χ2v) is 7.35. The molecule has 2 atom stereocenters. The molecule has 1 saturated heterocycles. The molecule has 1 aromatic carbocycles. The minimum absolute atomic E-state index is 0.211. The lowest BCUT2D eigenvalue weighted by molar-refractivity contribution is -0.134. The smallest absolute Gasteiger partial charge is 0.236 e. The van der Waals surface area contributed by atoms with Crippen LogP contribution in [0.15, 0.2) is 30.3 Å². The van der Waals surface area contributed by atoms with Crippen molar-refractivity contribution in [1.29, 1.82) is 5.26 Å². The summed E-state index contributed by atoms with van der Waals surface area (Å²) < 4.78 is 0. The summed E-state index contributed by atoms with van der Waals surface area (Å²) in [6.07, 6.45) is 2.60. The first kappa shape index (κ1) is 17.9. The number of carbonyl (C=O) groups is 1. The number of hydrogen-bond acceptors (Lipinski definition) is 4. The first-order chi connectivity index (χ1) is 12.1. The molecule has 0 aromatic heterocycles. The van der Waals surface area contributed by atoms with Crippen molar-refractivity contribution >= 4 is 5.91 Å². The Morgan fingerprint density at radius 3 is 2.44 bits per heavy atom. The van der Waals surface area contributed by atoms with E-state index >= 15 is 0 Å². The molecule has 5 heteroatoms. The Morgan fingerprint density at radius 2 is 1.88 bits per heavy atom. The Kier molecular flexibility index (Phi) is 5.72. The van der Waals surface area contributed by atoms with Gasteiger partial charge in [0.2, 0.25) is 5.91 Å². The number of hydrogen-bond donors (Lipinski definition) is 0. The van der Waals surface area contributed by atoms with Crippen LogP contribution in [0, 0.1) is 17.2 Å². The monoisotopic (exact) mass is 340 g/mol. The minimum atomic E-state index is -0.226. The third-order valence-electron chi connectivity index (χ3n) is 5.65. The molecular formula is C20H28N4O. The minimum Gasteiger partial charge on any atom is -0.339 e. The van der Waals surface area contributed by atoms with Crippen LogP contribution in [-0.4, -0.2) is 66.4 Å². The molecule has 2 fully saturated rings. The summed E-state index contributed by atoms with van der Waals surface area (Å²) in [5.74, 6) is 0.986. The number of nitriles is 1. The van der Waals surface area contributed by atoms with Crippen LogP contribution in [0.1, 0.15) is 31.4 Å². The molecule has 1 amide bonds. The van der Waals surface area contributed by atoms with Gasteiger partial charge in [-0.15, -0.1) is 0 Å². The summed E-state index contributed by atoms with van der Waals surface area (Å²) >= 11 is 0. The average Bonchev–Trinajstić information content (AvgIpc) is 3.48. The van der Waals surface area contributed by atoms with E-state index in [1.165, 1.54) is 12.8 Å². The SMILES string of the molecule is C[C@@H](C1CC1)N(C)CC(=O)N1CCN([C@@H](C#N)c2ccccc2)CC1. The first-order valence-electron chi connectivity index (χ1n) is 9.26. The van der Waals surface area contributed by atoms with Crippen molar-refractivity contribution in [2.75, 3.05) is 39.8 Å². The fraction of sp³-hybridized carbons (Fsp3) is 0.600. The highest BCUT2D eigenvalue weighted by atomic mass is 16.2. The Bertz CT molecular complexity index is 614. The second kappa shape index (κ2) is 7.99. The maximum absolute atomic E-state index is 12.6. The Labute approximate surface area is 150 Å². The zero-order valence-corrected chi connectivity index (χ0v) is 15.3. The number of piperazine rings is 1. The highest BCUT2D eigenvalue weighted by Crippen LogP contribution is 2.34. The Balaban J connectivity index is 1.51. The molecule has 1 aliphatic carbocycles. The third-order valence-corrected chi connectivity index (χ3v) is 5.65. The molecule has 1 heterocycles. The summed E-state index contributed by atoms with van der Waals surface area (Å²) in [6.45, 7) is 5.63. The quantitative estimate of drug-likeness (QED) is 0.796. The van der Waals surface area contributed by atoms with Crippen LogP contribution in [0.2, 0.25) is 0 Å². The van der Waals surface area contributed by atoms with Crippen LogP contribution in [0.3, 0.4) is 0 Å². The van der Waals surface area contributed by atoms with Crippen LogP contribution in [-0.2, 0) is 4.79 Å². The van der Waals surface area contributed by atoms with Crippen LogP contribution >= 0.6 is 0 Å². The fourth-order valence-corrected chi connectivity index (χ4v) is 3.63. The molecule has 0 bridgehead atoms. The first-order valence-corrected chi connectivity index (χ1v) is 9.26. The van der Waals surface area contributed by atoms with Gasteiger partial charge in [-0.2, -0.15) is 5.26 Å². The maximum Gasteiger partial charge on any atom is 0.236 e. The van der Waals surface area contributed by atoms with Crippen molar-refractivity contribution < 1.29 is 4.79 Å². The number of benzene rings is 1. The molecule has 3 rings (SSSR count). The second-order valence-electron chi connectivity index (χ2n) is 7.35. The highest BCUT2D eigenvalue weighted by Gasteiger charge is 2.32. The van der Waals surface area contributed by atoms with Gasteiger partial charge in [0.05, 0.1) is 12.6 Å². The molecular weight excluding hydrogens is 312 g/mol. The van der Waals surface area contributed by atoms with Gasteiger partial charge in [-0.25, -0.2) is 0 Å². The van der Waals surface area contributed by atoms with Crippen LogP contribution in [0.5, 0.6) is 0 Å². The van der Waals surface area contributed by atoms with Crippen molar-refractivity contribution in [3.63, 3.8) is 0 Å². The summed E-state index contributed by atoms with van der Waals surface area (Å²) in [5, 5.41) is 9.57. The molecule has 1 aliphatic heterocycles. The largest absolute Gasteiger partial charge is 0.339 e. The average molecular weight is 340 g/mol. The van der Waals surface area contributed by atoms with Gasteiger partial charge in [-0.05, 0) is 38.3 Å². The number of likely N-dealkylation sites (N-methyl/N-ethyl adjacent to an activating group) is 1. The van der Waals surface area contributed by atoms with Crippen molar-refractivity contribution in [1.82, 2.24) is 14.7 Å². The lowest BCUT2D eigenvalue weighted by Crippen LogP contribution is -2.52. The molecule has 134 valence electrons. The molecule has 0 radical (unpaired) electrons. The number of nitrogens with zero attached hydrogens (tertiary/aromatic N) is 4. The summed E-state index contributed by atoms with van der Waals surface area (Å²) in [5.41, 5.74) is 1.03. The van der Waals surface area contributed by atoms with Gasteiger partial charge >= 0.3 is 0 Å². The van der Waals surface area contributed by atoms with Gasteiger partial charge in [0.15, 0.2) is 0 Å². The molecule has 0 unspecified atom stereocenters. The van der Waals surface area contributed by atoms with Crippen LogP contribution in [0.4, 0.5) is 0 Å². The van der Waals surface area contributed by atoms with E-state index in [4.69, 9.17) is 0 Å². The van der Waals surface area contributed by atoms with E-state index < -0.39 is 0 Å². The Morgan fingerprint density at radius 1 is 1.24 bits per heavy atom. The molecule has 2 aliphatic rings. The summed E-state index contributed by atoms with van der Waals surface area (Å²) in [4.78, 5) is 18.9. The fourth-order valence-electron chi connectivity index (χ4n) is 3.63. The molecule has 0 N–H and O–H groups in total. The van der Waals surface area contributed by atoms with E-state index in [0.717, 1.165) is 24.6 Å². The zero-order valence-electron chi connectivity index (χ0n) is 15.3. The van der Waals surface area contributed by atoms with Crippen molar-refractivity contribution in [3.8, 4) is 6.07 Å². The van der Waals surface area contributed by atoms with Crippen LogP contribution in [0.25, 0.3) is 0 Å². The van der Waals surface area contributed by atoms with Crippen molar-refractivity contribution in [2.24, 2.45) is 5.92 Å². The van der Waals surface area contributed by atoms with Crippen LogP contribution < -0.4 is 0 Å². The standard InChI is InChI=1S/C20H28N4O/c1-16(17-8-9-17)22(2)15-20(25)24-12-10-23(11-13-24)19(14-21)18-6-4-3-5-7-18/h3-7,16-17,19H,8-13,15H2,1-2H3/t16-,19-/m0/s1. The zero-order chi connectivity index (χ0) is 17.8. The molecule has 25 heavy (non-hydrogen) atoms. The van der Waals surface area contributed by atoms with Crippen molar-refractivity contribution in [3.05, 3.63) is 35.9 Å². The van der Waals surface area contributed by atoms with E-state index in [0.29, 0.717) is 25.7 Å². The normalized spacial score (nSPS) is 21.0. The summed E-state index contributed by atoms with van der Waals surface area (Å²) in [6, 6.07) is 12.6. The number of amides is 1. The summed E-state index contributed by atoms with van der Waals surface area (Å²) in [7, 11) is 2.05. The van der Waals surface area contributed by atoms with E-state index in [-0.39, 0.29) is 11.9 Å². The van der Waals surface area contributed by atoms with E-state index in [9.17, 15) is 10.1 Å².